The van der Waals surface area contributed by atoms with E-state index in [0.717, 1.165) is 13.1 Å². The predicted molar refractivity (Wildman–Crippen MR) is 100 cm³/mol. The molecule has 0 amide bonds. The monoisotopic (exact) mass is 444 g/mol. The number of hydrogen-bond donors (Lipinski definition) is 0. The summed E-state index contributed by atoms with van der Waals surface area (Å²) in [5.74, 6) is 0. The third kappa shape index (κ3) is 17.9. The number of hydrogen-bond acceptors (Lipinski definition) is 0. The fourth-order valence-corrected chi connectivity index (χ4v) is 2.28. The summed E-state index contributed by atoms with van der Waals surface area (Å²) in [5.41, 5.74) is 2.58. The van der Waals surface area contributed by atoms with Gasteiger partial charge in [0.15, 0.2) is 24.8 Å². The lowest BCUT2D eigenvalue weighted by Gasteiger charge is -2.01. The zero-order chi connectivity index (χ0) is 21.4. The third-order valence-corrected chi connectivity index (χ3v) is 3.66. The molecule has 0 aliphatic heterocycles. The van der Waals surface area contributed by atoms with Crippen LogP contribution in [0.4, 0.5) is 25.9 Å². The molecular weight excluding hydrogens is 418 g/mol. The van der Waals surface area contributed by atoms with E-state index in [9.17, 15) is 25.9 Å². The molecule has 0 fully saturated rings. The van der Waals surface area contributed by atoms with E-state index < -0.39 is 15.1 Å². The molecule has 0 N–H and O–H groups in total. The van der Waals surface area contributed by atoms with E-state index in [1.54, 1.807) is 0 Å². The molecule has 0 aliphatic carbocycles. The van der Waals surface area contributed by atoms with Crippen molar-refractivity contribution in [2.45, 2.75) is 52.6 Å². The van der Waals surface area contributed by atoms with Gasteiger partial charge in [-0.1, -0.05) is 26.7 Å². The molecule has 30 heavy (non-hydrogen) atoms. The number of halogens is 8. The molecule has 2 aromatic rings. The Morgan fingerprint density at radius 1 is 0.600 bits per heavy atom. The van der Waals surface area contributed by atoms with Gasteiger partial charge in [-0.05, 0) is 11.1 Å². The summed E-state index contributed by atoms with van der Waals surface area (Å²) < 4.78 is 62.5. The van der Waals surface area contributed by atoms with Gasteiger partial charge in [0.1, 0.15) is 13.1 Å². The molecule has 2 heterocycles. The molecule has 0 radical (unpaired) electrons. The lowest BCUT2D eigenvalue weighted by Crippen LogP contribution is -3.00. The number of aromatic nitrogens is 2. The van der Waals surface area contributed by atoms with Crippen molar-refractivity contribution < 1.29 is 44.4 Å². The first-order valence-electron chi connectivity index (χ1n) is 9.13. The van der Waals surface area contributed by atoms with Gasteiger partial charge in [-0.2, -0.15) is 0 Å². The van der Waals surface area contributed by atoms with Crippen molar-refractivity contribution in [3.05, 3.63) is 49.1 Å². The Labute approximate surface area is 173 Å². The van der Waals surface area contributed by atoms with Crippen molar-refractivity contribution in [2.75, 3.05) is 0 Å². The average molecular weight is 444 g/mol. The van der Waals surface area contributed by atoms with Crippen LogP contribution in [0.3, 0.4) is 0 Å². The average Bonchev–Trinajstić information content (AvgIpc) is 2.65. The summed E-state index contributed by atoms with van der Waals surface area (Å²) in [7, 11) is -7.33. The zero-order valence-corrected chi connectivity index (χ0v) is 16.9. The molecular formula is C18H26B2F8N2. The minimum Gasteiger partial charge on any atom is -1.00 e. The van der Waals surface area contributed by atoms with Crippen LogP contribution in [0.5, 0.6) is 0 Å². The highest BCUT2D eigenvalue weighted by Crippen LogP contribution is 2.15. The van der Waals surface area contributed by atoms with Crippen LogP contribution in [-0.2, 0) is 13.1 Å². The molecule has 0 saturated carbocycles. The van der Waals surface area contributed by atoms with Gasteiger partial charge in [0.25, 0.3) is 0 Å². The van der Waals surface area contributed by atoms with E-state index in [0.29, 0.717) is 0 Å². The second-order valence-electron chi connectivity index (χ2n) is 5.85. The van der Waals surface area contributed by atoms with Crippen molar-refractivity contribution in [3.63, 3.8) is 0 Å². The summed E-state index contributed by atoms with van der Waals surface area (Å²) in [6, 6.07) is 8.84. The molecule has 0 atom stereocenters. The normalized spacial score (nSPS) is 8.93. The number of aryl methyl sites for hydroxylation is 2. The van der Waals surface area contributed by atoms with Crippen LogP contribution >= 0.6 is 0 Å². The van der Waals surface area contributed by atoms with Crippen LogP contribution in [0.2, 0.25) is 0 Å². The topological polar surface area (TPSA) is 7.76 Å². The van der Waals surface area contributed by atoms with E-state index in [2.05, 4.69) is 72.0 Å². The van der Waals surface area contributed by atoms with Gasteiger partial charge in [-0.15, -0.1) is 0 Å². The summed E-state index contributed by atoms with van der Waals surface area (Å²) in [5, 5.41) is 0. The van der Waals surface area contributed by atoms with Crippen LogP contribution in [0.15, 0.2) is 49.1 Å². The summed E-state index contributed by atoms with van der Waals surface area (Å²) in [6.07, 6.45) is 13.7. The Kier molecular flexibility index (Phi) is 21.9. The predicted octanol–water partition coefficient (Wildman–Crippen LogP) is -0.704. The number of nitrogens with zero attached hydrogens (tertiary/aromatic N) is 2. The van der Waals surface area contributed by atoms with Crippen molar-refractivity contribution in [2.24, 2.45) is 0 Å². The molecule has 0 aliphatic rings. The SMILES string of the molecule is CCCC[n+]1ccc(-c2cc[n+](CCCC)cc2)cc1.FB(F)F.FB(F)F.[F-].[F-]. The lowest BCUT2D eigenvalue weighted by molar-refractivity contribution is -0.697. The van der Waals surface area contributed by atoms with E-state index >= 15 is 0 Å². The van der Waals surface area contributed by atoms with Gasteiger partial charge >= 0.3 is 15.1 Å². The summed E-state index contributed by atoms with van der Waals surface area (Å²) >= 11 is 0. The van der Waals surface area contributed by atoms with Crippen molar-refractivity contribution in [1.82, 2.24) is 0 Å². The Bertz CT molecular complexity index is 556. The first-order valence-corrected chi connectivity index (χ1v) is 9.13. The zero-order valence-electron chi connectivity index (χ0n) is 16.9. The van der Waals surface area contributed by atoms with Crippen molar-refractivity contribution in [1.29, 1.82) is 0 Å². The third-order valence-electron chi connectivity index (χ3n) is 3.66. The molecule has 2 nitrogen and oxygen atoms in total. The maximum atomic E-state index is 9.67. The molecule has 0 unspecified atom stereocenters. The Morgan fingerprint density at radius 2 is 0.833 bits per heavy atom. The van der Waals surface area contributed by atoms with Gasteiger partial charge in [0, 0.05) is 37.1 Å². The van der Waals surface area contributed by atoms with Gasteiger partial charge in [0.05, 0.1) is 0 Å². The molecule has 0 bridgehead atoms. The van der Waals surface area contributed by atoms with E-state index in [1.165, 1.54) is 36.8 Å². The lowest BCUT2D eigenvalue weighted by atomic mass is 10.1. The summed E-state index contributed by atoms with van der Waals surface area (Å²) in [4.78, 5) is 0. The van der Waals surface area contributed by atoms with Gasteiger partial charge in [0.2, 0.25) is 0 Å². The van der Waals surface area contributed by atoms with Crippen molar-refractivity contribution >= 4 is 15.1 Å². The highest BCUT2D eigenvalue weighted by atomic mass is 19.4. The fourth-order valence-electron chi connectivity index (χ4n) is 2.28. The Hall–Kier alpha value is -2.13. The highest BCUT2D eigenvalue weighted by molar-refractivity contribution is 6.33. The molecule has 12 heteroatoms. The van der Waals surface area contributed by atoms with E-state index in [1.807, 2.05) is 0 Å². The van der Waals surface area contributed by atoms with Crippen LogP contribution in [0, 0.1) is 0 Å². The molecule has 0 aromatic carbocycles. The van der Waals surface area contributed by atoms with Gasteiger partial charge in [-0.25, -0.2) is 9.13 Å². The number of rotatable bonds is 7. The Morgan fingerprint density at radius 3 is 1.03 bits per heavy atom. The van der Waals surface area contributed by atoms with Crippen LogP contribution in [0.1, 0.15) is 39.5 Å². The standard InChI is InChI=1S/C18H26N2.2BF3.2FH/c1-3-5-11-19-13-7-17(8-14-19)18-9-15-20(16-10-18)12-6-4-2;2*2-1(3)4;;/h7-10,13-16H,3-6,11-12H2,1-2H3;;;2*1H/q+2;;;;/p-2. The maximum absolute atomic E-state index is 9.67. The second-order valence-corrected chi connectivity index (χ2v) is 5.85. The van der Waals surface area contributed by atoms with Crippen LogP contribution < -0.4 is 18.5 Å². The number of pyridine rings is 2. The van der Waals surface area contributed by atoms with E-state index in [-0.39, 0.29) is 9.41 Å². The first-order chi connectivity index (χ1) is 13.3. The Balaban J connectivity index is -0.000000629. The maximum Gasteiger partial charge on any atom is 0.762 e. The smallest absolute Gasteiger partial charge is 0.762 e. The fraction of sp³-hybridized carbons (Fsp3) is 0.444. The van der Waals surface area contributed by atoms with Gasteiger partial charge in [-0.3, -0.25) is 25.9 Å². The van der Waals surface area contributed by atoms with Gasteiger partial charge < -0.3 is 9.41 Å². The minimum absolute atomic E-state index is 0. The van der Waals surface area contributed by atoms with Crippen LogP contribution in [0.25, 0.3) is 11.1 Å². The second kappa shape index (κ2) is 20.2. The minimum atomic E-state index is -3.67. The quantitative estimate of drug-likeness (QED) is 0.304. The van der Waals surface area contributed by atoms with E-state index in [4.69, 9.17) is 0 Å². The molecule has 2 rings (SSSR count). The largest absolute Gasteiger partial charge is 1.00 e. The molecule has 170 valence electrons. The number of unbranched alkanes of at least 4 members (excludes halogenated alkanes) is 2. The highest BCUT2D eigenvalue weighted by Gasteiger charge is 2.07. The summed E-state index contributed by atoms with van der Waals surface area (Å²) in [6.45, 7) is 6.69. The molecule has 0 spiro atoms. The molecule has 2 aromatic heterocycles. The van der Waals surface area contributed by atoms with Crippen molar-refractivity contribution in [3.8, 4) is 11.1 Å². The first kappa shape index (κ1) is 32.5. The molecule has 0 saturated heterocycles. The van der Waals surface area contributed by atoms with Crippen LogP contribution in [-0.4, -0.2) is 15.1 Å².